The van der Waals surface area contributed by atoms with Gasteiger partial charge in [0.05, 0.1) is 4.92 Å². The fraction of sp³-hybridized carbons (Fsp3) is 0.750. The Morgan fingerprint density at radius 3 is 3.00 bits per heavy atom. The van der Waals surface area contributed by atoms with Crippen molar-refractivity contribution in [3.05, 3.63) is 15.8 Å². The molecule has 1 aliphatic heterocycles. The van der Waals surface area contributed by atoms with Gasteiger partial charge in [0.2, 0.25) is 5.82 Å². The first-order valence-corrected chi connectivity index (χ1v) is 6.81. The molecule has 1 aromatic rings. The average Bonchev–Trinajstić information content (AvgIpc) is 2.95. The Hall–Kier alpha value is -1.63. The lowest BCUT2D eigenvalue weighted by Crippen LogP contribution is -2.30. The van der Waals surface area contributed by atoms with E-state index >= 15 is 0 Å². The Morgan fingerprint density at radius 1 is 1.63 bits per heavy atom. The van der Waals surface area contributed by atoms with Gasteiger partial charge in [-0.1, -0.05) is 13.3 Å². The maximum atomic E-state index is 11.2. The van der Waals surface area contributed by atoms with E-state index in [-0.39, 0.29) is 10.6 Å². The molecular weight excluding hydrogens is 246 g/mol. The molecule has 106 valence electrons. The number of aromatic nitrogens is 2. The van der Waals surface area contributed by atoms with Crippen LogP contribution < -0.4 is 10.6 Å². The molecule has 7 nitrogen and oxygen atoms in total. The van der Waals surface area contributed by atoms with E-state index in [1.54, 1.807) is 11.7 Å². The van der Waals surface area contributed by atoms with E-state index in [0.717, 1.165) is 19.4 Å². The summed E-state index contributed by atoms with van der Waals surface area (Å²) in [6.45, 7) is 3.72. The second kappa shape index (κ2) is 6.01. The van der Waals surface area contributed by atoms with Crippen LogP contribution in [0.3, 0.4) is 0 Å². The number of hydrogen-bond acceptors (Lipinski definition) is 5. The molecule has 0 saturated carbocycles. The smallest absolute Gasteiger partial charge is 0.333 e. The summed E-state index contributed by atoms with van der Waals surface area (Å²) in [4.78, 5) is 10.9. The summed E-state index contributed by atoms with van der Waals surface area (Å²) in [6.07, 6.45) is 3.76. The minimum absolute atomic E-state index is 0.127. The summed E-state index contributed by atoms with van der Waals surface area (Å²) in [6, 6.07) is 0.393. The molecule has 1 atom stereocenters. The maximum absolute atomic E-state index is 11.2. The van der Waals surface area contributed by atoms with Crippen LogP contribution in [-0.2, 0) is 13.5 Å². The van der Waals surface area contributed by atoms with Gasteiger partial charge in [0.25, 0.3) is 0 Å². The SMILES string of the molecule is CCCc1nn(C)c(NCC2CCCN2)c1[N+](=O)[O-]. The number of rotatable bonds is 6. The van der Waals surface area contributed by atoms with Crippen molar-refractivity contribution in [2.45, 2.75) is 38.6 Å². The van der Waals surface area contributed by atoms with Gasteiger partial charge in [-0.25, -0.2) is 4.68 Å². The summed E-state index contributed by atoms with van der Waals surface area (Å²) in [5, 5.41) is 22.0. The first kappa shape index (κ1) is 13.8. The minimum atomic E-state index is -0.331. The van der Waals surface area contributed by atoms with Crippen LogP contribution in [0, 0.1) is 10.1 Å². The van der Waals surface area contributed by atoms with Crippen molar-refractivity contribution in [1.29, 1.82) is 0 Å². The van der Waals surface area contributed by atoms with E-state index in [1.165, 1.54) is 6.42 Å². The van der Waals surface area contributed by atoms with Gasteiger partial charge in [-0.3, -0.25) is 10.1 Å². The molecule has 7 heteroatoms. The zero-order valence-electron chi connectivity index (χ0n) is 11.5. The molecular formula is C12H21N5O2. The lowest BCUT2D eigenvalue weighted by atomic mass is 10.2. The third-order valence-corrected chi connectivity index (χ3v) is 3.44. The highest BCUT2D eigenvalue weighted by atomic mass is 16.6. The lowest BCUT2D eigenvalue weighted by molar-refractivity contribution is -0.384. The molecule has 0 radical (unpaired) electrons. The lowest BCUT2D eigenvalue weighted by Gasteiger charge is -2.11. The van der Waals surface area contributed by atoms with Crippen LogP contribution >= 0.6 is 0 Å². The number of nitro groups is 1. The van der Waals surface area contributed by atoms with E-state index in [0.29, 0.717) is 30.5 Å². The van der Waals surface area contributed by atoms with E-state index in [1.807, 2.05) is 6.92 Å². The van der Waals surface area contributed by atoms with Crippen molar-refractivity contribution < 1.29 is 4.92 Å². The summed E-state index contributed by atoms with van der Waals surface area (Å²) in [5.41, 5.74) is 0.694. The fourth-order valence-corrected chi connectivity index (χ4v) is 2.51. The quantitative estimate of drug-likeness (QED) is 0.602. The van der Waals surface area contributed by atoms with Crippen LogP contribution in [-0.4, -0.2) is 33.8 Å². The summed E-state index contributed by atoms with van der Waals surface area (Å²) < 4.78 is 1.58. The largest absolute Gasteiger partial charge is 0.363 e. The van der Waals surface area contributed by atoms with Gasteiger partial charge < -0.3 is 10.6 Å². The molecule has 1 aromatic heterocycles. The average molecular weight is 267 g/mol. The number of anilines is 1. The first-order chi connectivity index (χ1) is 9.13. The topological polar surface area (TPSA) is 85.0 Å². The molecule has 2 rings (SSSR count). The van der Waals surface area contributed by atoms with Crippen LogP contribution in [0.15, 0.2) is 0 Å². The zero-order chi connectivity index (χ0) is 13.8. The maximum Gasteiger partial charge on any atom is 0.333 e. The monoisotopic (exact) mass is 267 g/mol. The molecule has 2 heterocycles. The molecule has 1 fully saturated rings. The predicted octanol–water partition coefficient (Wildman–Crippen LogP) is 1.44. The number of aryl methyl sites for hydroxylation is 2. The van der Waals surface area contributed by atoms with Gasteiger partial charge >= 0.3 is 5.69 Å². The third kappa shape index (κ3) is 3.04. The molecule has 2 N–H and O–H groups in total. The van der Waals surface area contributed by atoms with E-state index in [2.05, 4.69) is 15.7 Å². The van der Waals surface area contributed by atoms with Crippen LogP contribution in [0.5, 0.6) is 0 Å². The van der Waals surface area contributed by atoms with Gasteiger partial charge in [-0.15, -0.1) is 0 Å². The molecule has 0 spiro atoms. The highest BCUT2D eigenvalue weighted by Gasteiger charge is 2.26. The molecule has 1 saturated heterocycles. The Kier molecular flexibility index (Phi) is 4.36. The molecule has 1 unspecified atom stereocenters. The van der Waals surface area contributed by atoms with Gasteiger partial charge in [0, 0.05) is 19.6 Å². The van der Waals surface area contributed by atoms with Crippen molar-refractivity contribution in [3.63, 3.8) is 0 Å². The normalized spacial score (nSPS) is 18.7. The third-order valence-electron chi connectivity index (χ3n) is 3.44. The van der Waals surface area contributed by atoms with Crippen molar-refractivity contribution in [1.82, 2.24) is 15.1 Å². The second-order valence-corrected chi connectivity index (χ2v) is 4.95. The summed E-state index contributed by atoms with van der Waals surface area (Å²) in [7, 11) is 1.75. The molecule has 0 amide bonds. The zero-order valence-corrected chi connectivity index (χ0v) is 11.5. The summed E-state index contributed by atoms with van der Waals surface area (Å²) in [5.74, 6) is 0.516. The van der Waals surface area contributed by atoms with Crippen molar-refractivity contribution >= 4 is 11.5 Å². The first-order valence-electron chi connectivity index (χ1n) is 6.81. The highest BCUT2D eigenvalue weighted by molar-refractivity contribution is 5.60. The van der Waals surface area contributed by atoms with Crippen molar-refractivity contribution in [2.24, 2.45) is 7.05 Å². The number of nitrogens with zero attached hydrogens (tertiary/aromatic N) is 3. The van der Waals surface area contributed by atoms with E-state index < -0.39 is 0 Å². The van der Waals surface area contributed by atoms with Crippen LogP contribution in [0.1, 0.15) is 31.9 Å². The van der Waals surface area contributed by atoms with Crippen molar-refractivity contribution in [3.8, 4) is 0 Å². The van der Waals surface area contributed by atoms with Crippen LogP contribution in [0.4, 0.5) is 11.5 Å². The van der Waals surface area contributed by atoms with Crippen molar-refractivity contribution in [2.75, 3.05) is 18.4 Å². The van der Waals surface area contributed by atoms with Gasteiger partial charge in [-0.05, 0) is 25.8 Å². The molecule has 19 heavy (non-hydrogen) atoms. The van der Waals surface area contributed by atoms with Gasteiger partial charge in [0.1, 0.15) is 5.69 Å². The Bertz CT molecular complexity index is 451. The molecule has 0 aliphatic carbocycles. The molecule has 1 aliphatic rings. The Morgan fingerprint density at radius 2 is 2.42 bits per heavy atom. The second-order valence-electron chi connectivity index (χ2n) is 4.95. The fourth-order valence-electron chi connectivity index (χ4n) is 2.51. The summed E-state index contributed by atoms with van der Waals surface area (Å²) >= 11 is 0. The van der Waals surface area contributed by atoms with E-state index in [4.69, 9.17) is 0 Å². The Balaban J connectivity index is 2.15. The van der Waals surface area contributed by atoms with E-state index in [9.17, 15) is 10.1 Å². The minimum Gasteiger partial charge on any atom is -0.363 e. The highest BCUT2D eigenvalue weighted by Crippen LogP contribution is 2.29. The van der Waals surface area contributed by atoms with Crippen LogP contribution in [0.25, 0.3) is 0 Å². The van der Waals surface area contributed by atoms with Gasteiger partial charge in [-0.2, -0.15) is 5.10 Å². The number of hydrogen-bond donors (Lipinski definition) is 2. The molecule has 0 bridgehead atoms. The Labute approximate surface area is 112 Å². The van der Waals surface area contributed by atoms with Crippen LogP contribution in [0.2, 0.25) is 0 Å². The van der Waals surface area contributed by atoms with Gasteiger partial charge in [0.15, 0.2) is 0 Å². The number of nitrogens with one attached hydrogen (secondary N) is 2. The predicted molar refractivity (Wildman–Crippen MR) is 73.4 cm³/mol. The molecule has 0 aromatic carbocycles. The standard InChI is InChI=1S/C12H21N5O2/c1-3-5-10-11(17(18)19)12(16(2)15-10)14-8-9-6-4-7-13-9/h9,13-14H,3-8H2,1-2H3.